The maximum absolute atomic E-state index is 14.4. The first-order valence-corrected chi connectivity index (χ1v) is 12.5. The first kappa shape index (κ1) is 25.3. The summed E-state index contributed by atoms with van der Waals surface area (Å²) in [6.45, 7) is 1.72. The lowest BCUT2D eigenvalue weighted by molar-refractivity contribution is -0.121. The van der Waals surface area contributed by atoms with Gasteiger partial charge < -0.3 is 10.1 Å². The minimum absolute atomic E-state index is 0.0179. The number of hydrogen-bond acceptors (Lipinski definition) is 4. The van der Waals surface area contributed by atoms with Crippen LogP contribution < -0.4 is 10.0 Å². The molecule has 0 radical (unpaired) electrons. The molecule has 0 unspecified atom stereocenters. The molecule has 1 amide bonds. The Morgan fingerprint density at radius 1 is 1.09 bits per heavy atom. The van der Waals surface area contributed by atoms with Gasteiger partial charge >= 0.3 is 0 Å². The molecule has 33 heavy (non-hydrogen) atoms. The van der Waals surface area contributed by atoms with Crippen LogP contribution in [0.2, 0.25) is 5.02 Å². The third-order valence-corrected chi connectivity index (χ3v) is 7.35. The fourth-order valence-electron chi connectivity index (χ4n) is 2.94. The second-order valence-corrected chi connectivity index (χ2v) is 10.1. The molecule has 3 rings (SSSR count). The van der Waals surface area contributed by atoms with Crippen molar-refractivity contribution in [3.05, 3.63) is 93.7 Å². The summed E-state index contributed by atoms with van der Waals surface area (Å²) in [4.78, 5) is 12.4. The minimum Gasteiger partial charge on any atom is -0.372 e. The zero-order chi connectivity index (χ0) is 24.0. The molecule has 174 valence electrons. The highest BCUT2D eigenvalue weighted by Gasteiger charge is 2.33. The molecule has 10 heteroatoms. The monoisotopic (exact) mass is 554 g/mol. The van der Waals surface area contributed by atoms with Gasteiger partial charge in [0.25, 0.3) is 0 Å². The SMILES string of the molecule is C[C@H](OCc1ccccc1)[C@@H](NS(=O)(=O)c1cc(Br)c(Cl)cc1F)C(=O)Nc1ccccc1. The molecular weight excluding hydrogens is 535 g/mol. The van der Waals surface area contributed by atoms with Crippen molar-refractivity contribution in [2.45, 2.75) is 30.6 Å². The molecule has 0 saturated heterocycles. The Hall–Kier alpha value is -2.30. The quantitative estimate of drug-likeness (QED) is 0.359. The van der Waals surface area contributed by atoms with E-state index in [1.165, 1.54) is 0 Å². The standard InChI is InChI=1S/C23H21BrClFN2O4S/c1-15(32-14-16-8-4-2-5-9-16)22(23(29)27-17-10-6-3-7-11-17)28-33(30,31)21-12-18(24)19(25)13-20(21)26/h2-13,15,22,28H,14H2,1H3,(H,27,29)/t15-,22+/m0/s1. The highest BCUT2D eigenvalue weighted by atomic mass is 79.9. The highest BCUT2D eigenvalue weighted by Crippen LogP contribution is 2.28. The second-order valence-electron chi connectivity index (χ2n) is 7.15. The van der Waals surface area contributed by atoms with Gasteiger partial charge in [-0.25, -0.2) is 12.8 Å². The van der Waals surface area contributed by atoms with Gasteiger partial charge in [0.05, 0.1) is 17.7 Å². The molecule has 0 aliphatic heterocycles. The summed E-state index contributed by atoms with van der Waals surface area (Å²) in [5, 5.41) is 2.68. The molecule has 2 N–H and O–H groups in total. The van der Waals surface area contributed by atoms with Crippen molar-refractivity contribution in [2.75, 3.05) is 5.32 Å². The maximum Gasteiger partial charge on any atom is 0.245 e. The molecule has 0 aliphatic carbocycles. The number of carbonyl (C=O) groups excluding carboxylic acids is 1. The first-order chi connectivity index (χ1) is 15.7. The lowest BCUT2D eigenvalue weighted by atomic mass is 10.1. The number of hydrogen-bond donors (Lipinski definition) is 2. The normalized spacial score (nSPS) is 13.3. The number of anilines is 1. The van der Waals surface area contributed by atoms with E-state index in [9.17, 15) is 17.6 Å². The fraction of sp³-hybridized carbons (Fsp3) is 0.174. The number of carbonyl (C=O) groups is 1. The molecule has 0 bridgehead atoms. The predicted molar refractivity (Wildman–Crippen MR) is 129 cm³/mol. The van der Waals surface area contributed by atoms with Gasteiger partial charge in [-0.3, -0.25) is 4.79 Å². The van der Waals surface area contributed by atoms with Crippen LogP contribution in [0.5, 0.6) is 0 Å². The zero-order valence-corrected chi connectivity index (χ0v) is 20.6. The Bertz CT molecular complexity index is 1210. The maximum atomic E-state index is 14.4. The molecule has 0 spiro atoms. The van der Waals surface area contributed by atoms with Gasteiger partial charge in [0.15, 0.2) is 0 Å². The molecule has 0 heterocycles. The summed E-state index contributed by atoms with van der Waals surface area (Å²) < 4.78 is 48.7. The summed E-state index contributed by atoms with van der Waals surface area (Å²) >= 11 is 8.94. The number of para-hydroxylation sites is 1. The van der Waals surface area contributed by atoms with Crippen LogP contribution in [0.25, 0.3) is 0 Å². The molecule has 3 aromatic rings. The number of ether oxygens (including phenoxy) is 1. The Labute approximate surface area is 205 Å². The summed E-state index contributed by atoms with van der Waals surface area (Å²) in [5.74, 6) is -1.70. The van der Waals surface area contributed by atoms with E-state index in [0.29, 0.717) is 5.69 Å². The van der Waals surface area contributed by atoms with E-state index in [4.69, 9.17) is 16.3 Å². The number of sulfonamides is 1. The van der Waals surface area contributed by atoms with Crippen molar-refractivity contribution < 1.29 is 22.3 Å². The van der Waals surface area contributed by atoms with E-state index in [-0.39, 0.29) is 16.1 Å². The van der Waals surface area contributed by atoms with Crippen molar-refractivity contribution in [3.8, 4) is 0 Å². The van der Waals surface area contributed by atoms with Gasteiger partial charge in [-0.05, 0) is 52.7 Å². The highest BCUT2D eigenvalue weighted by molar-refractivity contribution is 9.10. The van der Waals surface area contributed by atoms with Gasteiger partial charge in [0.2, 0.25) is 15.9 Å². The van der Waals surface area contributed by atoms with Gasteiger partial charge in [0, 0.05) is 10.2 Å². The summed E-state index contributed by atoms with van der Waals surface area (Å²) in [7, 11) is -4.45. The molecule has 0 saturated carbocycles. The number of halogens is 3. The molecule has 2 atom stereocenters. The predicted octanol–water partition coefficient (Wildman–Crippen LogP) is 5.13. The second kappa shape index (κ2) is 11.2. The van der Waals surface area contributed by atoms with Crippen LogP contribution in [0.3, 0.4) is 0 Å². The Kier molecular flexibility index (Phi) is 8.61. The van der Waals surface area contributed by atoms with Gasteiger partial charge in [-0.2, -0.15) is 4.72 Å². The van der Waals surface area contributed by atoms with E-state index in [1.807, 2.05) is 30.3 Å². The van der Waals surface area contributed by atoms with Gasteiger partial charge in [-0.1, -0.05) is 60.1 Å². The Morgan fingerprint density at radius 3 is 2.33 bits per heavy atom. The minimum atomic E-state index is -4.45. The summed E-state index contributed by atoms with van der Waals surface area (Å²) in [5.41, 5.74) is 1.32. The lowest BCUT2D eigenvalue weighted by Gasteiger charge is -2.25. The third-order valence-electron chi connectivity index (χ3n) is 4.70. The van der Waals surface area contributed by atoms with E-state index in [0.717, 1.165) is 17.7 Å². The third kappa shape index (κ3) is 6.84. The Balaban J connectivity index is 1.86. The van der Waals surface area contributed by atoms with Crippen LogP contribution in [-0.2, 0) is 26.2 Å². The molecule has 0 aliphatic rings. The largest absolute Gasteiger partial charge is 0.372 e. The molecule has 6 nitrogen and oxygen atoms in total. The van der Waals surface area contributed by atoms with Crippen LogP contribution in [-0.4, -0.2) is 26.5 Å². The van der Waals surface area contributed by atoms with Gasteiger partial charge in [0.1, 0.15) is 16.8 Å². The first-order valence-electron chi connectivity index (χ1n) is 9.85. The van der Waals surface area contributed by atoms with Crippen molar-refractivity contribution in [1.82, 2.24) is 4.72 Å². The lowest BCUT2D eigenvalue weighted by Crippen LogP contribution is -2.51. The molecular formula is C23H21BrClFN2O4S. The van der Waals surface area contributed by atoms with Gasteiger partial charge in [-0.15, -0.1) is 0 Å². The van der Waals surface area contributed by atoms with Crippen LogP contribution in [0.15, 0.2) is 82.2 Å². The Morgan fingerprint density at radius 2 is 1.70 bits per heavy atom. The van der Waals surface area contributed by atoms with Crippen molar-refractivity contribution in [3.63, 3.8) is 0 Å². The topological polar surface area (TPSA) is 84.5 Å². The average Bonchev–Trinajstić information content (AvgIpc) is 2.79. The van der Waals surface area contributed by atoms with Crippen LogP contribution in [0.4, 0.5) is 10.1 Å². The van der Waals surface area contributed by atoms with Crippen molar-refractivity contribution in [2.24, 2.45) is 0 Å². The fourth-order valence-corrected chi connectivity index (χ4v) is 4.94. The number of benzene rings is 3. The summed E-state index contributed by atoms with van der Waals surface area (Å²) in [6.07, 6.45) is -0.887. The molecule has 0 fully saturated rings. The van der Waals surface area contributed by atoms with E-state index >= 15 is 0 Å². The summed E-state index contributed by atoms with van der Waals surface area (Å²) in [6, 6.07) is 18.4. The smallest absolute Gasteiger partial charge is 0.245 e. The molecule has 0 aromatic heterocycles. The molecule has 3 aromatic carbocycles. The number of amides is 1. The number of nitrogens with one attached hydrogen (secondary N) is 2. The number of rotatable bonds is 9. The zero-order valence-electron chi connectivity index (χ0n) is 17.5. The average molecular weight is 556 g/mol. The van der Waals surface area contributed by atoms with E-state index in [2.05, 4.69) is 26.0 Å². The van der Waals surface area contributed by atoms with E-state index in [1.54, 1.807) is 37.3 Å². The van der Waals surface area contributed by atoms with Crippen molar-refractivity contribution >= 4 is 49.1 Å². The van der Waals surface area contributed by atoms with E-state index < -0.39 is 38.8 Å². The van der Waals surface area contributed by atoms with Crippen LogP contribution in [0.1, 0.15) is 12.5 Å². The van der Waals surface area contributed by atoms with Crippen LogP contribution in [0, 0.1) is 5.82 Å². The van der Waals surface area contributed by atoms with Crippen LogP contribution >= 0.6 is 27.5 Å². The van der Waals surface area contributed by atoms with Crippen molar-refractivity contribution in [1.29, 1.82) is 0 Å².